The van der Waals surface area contributed by atoms with Crippen molar-refractivity contribution in [3.05, 3.63) is 228 Å². The van der Waals surface area contributed by atoms with Gasteiger partial charge < -0.3 is 68.3 Å². The van der Waals surface area contributed by atoms with Crippen molar-refractivity contribution < 1.29 is 48.2 Å². The number of benzene rings is 5. The number of ether oxygens (including phenoxy) is 1. The zero-order valence-electron chi connectivity index (χ0n) is 61.0. The molecule has 0 bridgehead atoms. The van der Waals surface area contributed by atoms with Crippen LogP contribution in [0.1, 0.15) is 109 Å². The maximum absolute atomic E-state index is 13.3. The molecule has 12 rings (SSSR count). The van der Waals surface area contributed by atoms with Gasteiger partial charge in [0, 0.05) is 115 Å². The lowest BCUT2D eigenvalue weighted by Crippen LogP contribution is -2.40. The van der Waals surface area contributed by atoms with Crippen LogP contribution in [0, 0.1) is 5.92 Å². The molecule has 9 amide bonds. The molecule has 31 nitrogen and oxygen atoms in total. The van der Waals surface area contributed by atoms with Crippen LogP contribution >= 0.6 is 11.6 Å². The number of hydrogen-bond acceptors (Lipinski definition) is 20. The first-order chi connectivity index (χ1) is 53.0. The van der Waals surface area contributed by atoms with Crippen LogP contribution in [0.3, 0.4) is 0 Å². The number of nitrogens with two attached hydrogens (primary N) is 1. The molecule has 1 saturated heterocycles. The molecule has 6 heterocycles. The van der Waals surface area contributed by atoms with E-state index in [9.17, 15) is 38.4 Å². The molecule has 2 aliphatic rings. The molecule has 5 aromatic carbocycles. The van der Waals surface area contributed by atoms with Gasteiger partial charge in [-0.05, 0) is 181 Å². The number of carboxylic acid groups (broad SMARTS) is 1. The van der Waals surface area contributed by atoms with Gasteiger partial charge in [0.2, 0.25) is 0 Å². The maximum Gasteiger partial charge on any atom is 0.329 e. The van der Waals surface area contributed by atoms with Crippen molar-refractivity contribution in [1.29, 1.82) is 0 Å². The molecule has 2 fully saturated rings. The Hall–Kier alpha value is -13.6. The Kier molecular flexibility index (Phi) is 27.0. The van der Waals surface area contributed by atoms with Gasteiger partial charge >= 0.3 is 30.0 Å². The summed E-state index contributed by atoms with van der Waals surface area (Å²) in [5.74, 6) is -1.61. The Bertz CT molecular complexity index is 4860. The first kappa shape index (κ1) is 79.0. The quantitative estimate of drug-likeness (QED) is 0.0250. The third-order valence-corrected chi connectivity index (χ3v) is 16.8. The molecule has 0 radical (unpaired) electrons. The Morgan fingerprint density at radius 1 is 0.545 bits per heavy atom. The summed E-state index contributed by atoms with van der Waals surface area (Å²) >= 11 is 5.99. The van der Waals surface area contributed by atoms with E-state index in [0.29, 0.717) is 100 Å². The van der Waals surface area contributed by atoms with E-state index in [2.05, 4.69) is 94.0 Å². The average Bonchev–Trinajstić information content (AvgIpc) is 1.61. The summed E-state index contributed by atoms with van der Waals surface area (Å²) in [4.78, 5) is 118. The molecule has 1 saturated carbocycles. The predicted octanol–water partition coefficient (Wildman–Crippen LogP) is 13.2. The summed E-state index contributed by atoms with van der Waals surface area (Å²) in [6.07, 6.45) is 11.5. The monoisotopic (exact) mass is 1510 g/mol. The number of esters is 1. The molecular weight excluding hydrogens is 1430 g/mol. The van der Waals surface area contributed by atoms with Crippen LogP contribution in [0.25, 0.3) is 5.69 Å². The first-order valence-electron chi connectivity index (χ1n) is 35.3. The van der Waals surface area contributed by atoms with E-state index in [-0.39, 0.29) is 64.5 Å². The zero-order chi connectivity index (χ0) is 78.3. The third kappa shape index (κ3) is 22.7. The number of rotatable bonds is 24. The highest BCUT2D eigenvalue weighted by atomic mass is 35.5. The summed E-state index contributed by atoms with van der Waals surface area (Å²) in [7, 11) is 0. The van der Waals surface area contributed by atoms with E-state index >= 15 is 0 Å². The number of carbonyl (C=O) groups excluding carboxylic acids is 7. The number of hydrogen-bond donors (Lipinski definition) is 14. The lowest BCUT2D eigenvalue weighted by atomic mass is 10.1. The number of nitrogens with one attached hydrogen (secondary N) is 12. The van der Waals surface area contributed by atoms with Crippen LogP contribution in [0.2, 0.25) is 5.02 Å². The molecule has 568 valence electrons. The second-order valence-electron chi connectivity index (χ2n) is 25.9. The number of amides is 9. The van der Waals surface area contributed by atoms with E-state index in [0.717, 1.165) is 42.0 Å². The van der Waals surface area contributed by atoms with Gasteiger partial charge in [0.05, 0.1) is 69.1 Å². The molecule has 5 aromatic heterocycles. The number of anilines is 13. The number of halogens is 1. The molecule has 0 spiro atoms. The minimum atomic E-state index is -0.784. The van der Waals surface area contributed by atoms with Crippen LogP contribution < -0.4 is 74.4 Å². The minimum absolute atomic E-state index is 0.0201. The highest BCUT2D eigenvalue weighted by Crippen LogP contribution is 2.48. The van der Waals surface area contributed by atoms with Gasteiger partial charge in [-0.25, -0.2) is 38.8 Å². The summed E-state index contributed by atoms with van der Waals surface area (Å²) in [6.45, 7) is 13.5. The molecule has 32 heteroatoms. The van der Waals surface area contributed by atoms with E-state index < -0.39 is 29.5 Å². The first-order valence-corrected chi connectivity index (χ1v) is 35.6. The van der Waals surface area contributed by atoms with Crippen LogP contribution in [0.15, 0.2) is 195 Å². The van der Waals surface area contributed by atoms with E-state index in [1.165, 1.54) is 18.6 Å². The Balaban J connectivity index is 0.000000176. The molecule has 1 unspecified atom stereocenters. The van der Waals surface area contributed by atoms with E-state index in [4.69, 9.17) is 27.2 Å². The topological polar surface area (TPSA) is 422 Å². The number of aromatic nitrogens is 7. The largest absolute Gasteiger partial charge is 0.481 e. The van der Waals surface area contributed by atoms with Crippen LogP contribution in [0.4, 0.5) is 88.7 Å². The van der Waals surface area contributed by atoms with Crippen molar-refractivity contribution in [2.24, 2.45) is 11.7 Å². The van der Waals surface area contributed by atoms with E-state index in [1.807, 2.05) is 94.1 Å². The normalized spacial score (nSPS) is 13.9. The van der Waals surface area contributed by atoms with Gasteiger partial charge in [-0.1, -0.05) is 47.1 Å². The summed E-state index contributed by atoms with van der Waals surface area (Å²) in [6, 6.07) is 44.9. The lowest BCUT2D eigenvalue weighted by Gasteiger charge is -2.29. The predicted molar refractivity (Wildman–Crippen MR) is 423 cm³/mol. The maximum atomic E-state index is 13.3. The van der Waals surface area contributed by atoms with Crippen molar-refractivity contribution in [2.45, 2.75) is 84.9 Å². The number of para-hydroxylation sites is 1. The zero-order valence-corrected chi connectivity index (χ0v) is 61.8. The van der Waals surface area contributed by atoms with Gasteiger partial charge in [-0.3, -0.25) is 40.1 Å². The fourth-order valence-corrected chi connectivity index (χ4v) is 11.4. The van der Waals surface area contributed by atoms with Gasteiger partial charge in [0.25, 0.3) is 17.7 Å². The number of aliphatic carboxylic acids is 1. The number of carbonyl (C=O) groups is 8. The van der Waals surface area contributed by atoms with Crippen molar-refractivity contribution in [1.82, 2.24) is 50.9 Å². The van der Waals surface area contributed by atoms with Crippen LogP contribution in [-0.4, -0.2) is 126 Å². The third-order valence-electron chi connectivity index (χ3n) is 16.5. The highest BCUT2D eigenvalue weighted by molar-refractivity contribution is 6.30. The fourth-order valence-electron chi connectivity index (χ4n) is 11.2. The summed E-state index contributed by atoms with van der Waals surface area (Å²) < 4.78 is 7.22. The van der Waals surface area contributed by atoms with Crippen molar-refractivity contribution in [2.75, 3.05) is 78.9 Å². The molecular formula is C78H84ClN21O10. The SMILES string of the molecule is CCNC(=O)Nc1cc(Nc2ccc(Cl)cc2)c(C(=O)Nc2ccc(-n3cc(CN)nn3)cc2)cn1.CCNC(=O)Nc1cc(Nc2ccccc2)c(C(=O)Nc2ccc(N3CCC[C@H]3C(=O)OC(C)(C)C)cc2)cn1.CCNC(=O)Nc1cc(Nc2cccnc2)c(C(=O)Nc2ccc(C3C[C@H]3C(=O)O)cc2)cn1. The second-order valence-corrected chi connectivity index (χ2v) is 26.3. The standard InChI is InChI=1S/C30H36N6O4.C24H24ClN9O2.C24H24N6O4/c1-5-31-29(39)35-26-18-24(33-20-10-7-6-8-11-20)23(19-32-26)27(37)34-21-13-15-22(16-14-21)36-17-9-12-25(36)28(38)40-30(2,3)4;1-2-27-24(36)31-22-11-21(29-16-5-3-15(25)4-6-16)20(13-28-22)23(35)30-17-7-9-19(10-8-17)34-14-18(12-26)32-33-34;1-2-26-24(34)30-21-11-20(28-16-4-3-9-25-12-16)19(13-27-21)22(31)29-15-7-5-14(6-8-15)17-10-18(17)23(32)33/h6-8,10-11,13-16,18-19,25H,5,9,12,17H2,1-4H3,(H,34,37)(H3,31,32,33,35,39);3-11,13-14H,2,12,26H2,1H3,(H,30,35)(H3,27,28,29,31,36);3-9,11-13,17-18H,2,10H2,1H3,(H,29,31)(H,32,33)(H3,26,27,28,30,34)/t25-;;17?,18-/m0.1/s1. The van der Waals surface area contributed by atoms with Gasteiger partial charge in [0.1, 0.15) is 29.1 Å². The summed E-state index contributed by atoms with van der Waals surface area (Å²) in [5, 5.41) is 51.8. The number of pyridine rings is 4. The number of urea groups is 3. The van der Waals surface area contributed by atoms with Crippen LogP contribution in [0.5, 0.6) is 0 Å². The van der Waals surface area contributed by atoms with Crippen LogP contribution in [-0.2, 0) is 20.9 Å². The molecule has 110 heavy (non-hydrogen) atoms. The average molecular weight is 1510 g/mol. The molecule has 1 aliphatic heterocycles. The lowest BCUT2D eigenvalue weighted by molar-refractivity contribution is -0.156. The van der Waals surface area contributed by atoms with Crippen molar-refractivity contribution in [3.63, 3.8) is 0 Å². The Labute approximate surface area is 638 Å². The van der Waals surface area contributed by atoms with Crippen molar-refractivity contribution in [3.8, 4) is 5.69 Å². The van der Waals surface area contributed by atoms with E-state index in [1.54, 1.807) is 133 Å². The summed E-state index contributed by atoms with van der Waals surface area (Å²) in [5.41, 5.74) is 14.4. The second kappa shape index (κ2) is 37.6. The molecule has 10 aromatic rings. The molecule has 1 aliphatic carbocycles. The molecule has 3 atom stereocenters. The van der Waals surface area contributed by atoms with Gasteiger partial charge in [-0.15, -0.1) is 5.10 Å². The van der Waals surface area contributed by atoms with Crippen molar-refractivity contribution >= 4 is 134 Å². The number of carboxylic acids is 1. The highest BCUT2D eigenvalue weighted by Gasteiger charge is 2.44. The fraction of sp³-hybridized carbons (Fsp3) is 0.231. The minimum Gasteiger partial charge on any atom is -0.481 e. The Morgan fingerprint density at radius 2 is 0.991 bits per heavy atom. The smallest absolute Gasteiger partial charge is 0.329 e. The van der Waals surface area contributed by atoms with Gasteiger partial charge in [-0.2, -0.15) is 0 Å². The van der Waals surface area contributed by atoms with Gasteiger partial charge in [0.15, 0.2) is 0 Å². The molecule has 15 N–H and O–H groups in total. The Morgan fingerprint density at radius 3 is 1.42 bits per heavy atom. The number of nitrogens with zero attached hydrogens (tertiary/aromatic N) is 8.